The van der Waals surface area contributed by atoms with Gasteiger partial charge in [0.15, 0.2) is 0 Å². The van der Waals surface area contributed by atoms with Crippen LogP contribution in [-0.2, 0) is 0 Å². The topological polar surface area (TPSA) is 74.2 Å². The minimum atomic E-state index is -0.301. The zero-order valence-electron chi connectivity index (χ0n) is 15.9. The summed E-state index contributed by atoms with van der Waals surface area (Å²) in [7, 11) is 0. The maximum Gasteiger partial charge on any atom is 0.270 e. The number of nitrogens with one attached hydrogen (secondary N) is 1. The average Bonchev–Trinajstić information content (AvgIpc) is 2.61. The first-order valence-electron chi connectivity index (χ1n) is 8.91. The lowest BCUT2D eigenvalue weighted by Gasteiger charge is -2.35. The number of nitrogens with zero attached hydrogens (tertiary/aromatic N) is 5. The number of carbonyl (C=O) groups excluding carboxylic acids is 1. The fraction of sp³-hybridized carbons (Fsp3) is 0.474. The van der Waals surface area contributed by atoms with E-state index in [9.17, 15) is 4.79 Å². The molecule has 0 aromatic carbocycles. The molecule has 1 saturated heterocycles. The first kappa shape index (κ1) is 18.1. The van der Waals surface area contributed by atoms with Crippen LogP contribution in [0.15, 0.2) is 30.5 Å². The molecule has 0 spiro atoms. The Hall–Kier alpha value is -2.70. The third-order valence-electron chi connectivity index (χ3n) is 4.10. The normalized spacial score (nSPS) is 15.1. The van der Waals surface area contributed by atoms with Gasteiger partial charge in [0.2, 0.25) is 5.95 Å². The summed E-state index contributed by atoms with van der Waals surface area (Å²) in [4.78, 5) is 30.3. The second-order valence-electron chi connectivity index (χ2n) is 7.56. The Morgan fingerprint density at radius 1 is 1.08 bits per heavy atom. The highest BCUT2D eigenvalue weighted by molar-refractivity contribution is 5.93. The fourth-order valence-electron chi connectivity index (χ4n) is 2.89. The van der Waals surface area contributed by atoms with E-state index in [0.29, 0.717) is 11.6 Å². The van der Waals surface area contributed by atoms with Crippen molar-refractivity contribution >= 4 is 17.7 Å². The quantitative estimate of drug-likeness (QED) is 0.909. The SMILES string of the molecule is Cc1cc(C(=O)NC(C)(C)C)nc(N2CCN(c3ccccn3)CC2)n1. The molecule has 0 bridgehead atoms. The maximum atomic E-state index is 12.4. The Bertz CT molecular complexity index is 763. The van der Waals surface area contributed by atoms with Crippen LogP contribution in [0.4, 0.5) is 11.8 Å². The third kappa shape index (κ3) is 4.47. The van der Waals surface area contributed by atoms with Crippen LogP contribution < -0.4 is 15.1 Å². The third-order valence-corrected chi connectivity index (χ3v) is 4.10. The summed E-state index contributed by atoms with van der Waals surface area (Å²) in [5.74, 6) is 1.43. The molecule has 1 N–H and O–H groups in total. The molecular formula is C19H26N6O. The van der Waals surface area contributed by atoms with E-state index < -0.39 is 0 Å². The zero-order valence-corrected chi connectivity index (χ0v) is 15.9. The van der Waals surface area contributed by atoms with E-state index in [0.717, 1.165) is 37.7 Å². The minimum absolute atomic E-state index is 0.170. The van der Waals surface area contributed by atoms with E-state index in [1.807, 2.05) is 52.1 Å². The van der Waals surface area contributed by atoms with E-state index in [1.54, 1.807) is 6.07 Å². The largest absolute Gasteiger partial charge is 0.353 e. The monoisotopic (exact) mass is 354 g/mol. The highest BCUT2D eigenvalue weighted by Crippen LogP contribution is 2.17. The molecule has 26 heavy (non-hydrogen) atoms. The average molecular weight is 354 g/mol. The van der Waals surface area contributed by atoms with Gasteiger partial charge in [-0.3, -0.25) is 4.79 Å². The van der Waals surface area contributed by atoms with Gasteiger partial charge in [0.05, 0.1) is 0 Å². The van der Waals surface area contributed by atoms with Gasteiger partial charge in [-0.1, -0.05) is 6.07 Å². The van der Waals surface area contributed by atoms with Crippen molar-refractivity contribution in [3.8, 4) is 0 Å². The van der Waals surface area contributed by atoms with E-state index in [1.165, 1.54) is 0 Å². The summed E-state index contributed by atoms with van der Waals surface area (Å²) < 4.78 is 0. The predicted molar refractivity (Wildman–Crippen MR) is 103 cm³/mol. The van der Waals surface area contributed by atoms with Crippen LogP contribution in [0.2, 0.25) is 0 Å². The molecule has 7 nitrogen and oxygen atoms in total. The summed E-state index contributed by atoms with van der Waals surface area (Å²) in [6.45, 7) is 11.0. The first-order valence-corrected chi connectivity index (χ1v) is 8.91. The van der Waals surface area contributed by atoms with Gasteiger partial charge in [-0.15, -0.1) is 0 Å². The Morgan fingerprint density at radius 2 is 1.77 bits per heavy atom. The molecular weight excluding hydrogens is 328 g/mol. The summed E-state index contributed by atoms with van der Waals surface area (Å²) in [5, 5.41) is 2.96. The molecule has 138 valence electrons. The molecule has 1 fully saturated rings. The van der Waals surface area contributed by atoms with Gasteiger partial charge in [-0.25, -0.2) is 15.0 Å². The maximum absolute atomic E-state index is 12.4. The van der Waals surface area contributed by atoms with Crippen molar-refractivity contribution in [2.45, 2.75) is 33.2 Å². The summed E-state index contributed by atoms with van der Waals surface area (Å²) >= 11 is 0. The van der Waals surface area contributed by atoms with Crippen LogP contribution in [-0.4, -0.2) is 52.6 Å². The second kappa shape index (κ2) is 7.27. The molecule has 0 atom stereocenters. The van der Waals surface area contributed by atoms with Gasteiger partial charge in [-0.2, -0.15) is 0 Å². The molecule has 2 aromatic heterocycles. The minimum Gasteiger partial charge on any atom is -0.353 e. The number of anilines is 2. The molecule has 1 aliphatic heterocycles. The van der Waals surface area contributed by atoms with Crippen molar-refractivity contribution in [2.24, 2.45) is 0 Å². The first-order chi connectivity index (χ1) is 12.3. The van der Waals surface area contributed by atoms with E-state index in [4.69, 9.17) is 0 Å². The van der Waals surface area contributed by atoms with Gasteiger partial charge in [0.25, 0.3) is 5.91 Å². The number of hydrogen-bond acceptors (Lipinski definition) is 6. The Labute approximate surface area is 154 Å². The number of piperazine rings is 1. The molecule has 0 aliphatic carbocycles. The number of hydrogen-bond donors (Lipinski definition) is 1. The van der Waals surface area contributed by atoms with Crippen LogP contribution in [0, 0.1) is 6.92 Å². The van der Waals surface area contributed by atoms with Crippen molar-refractivity contribution in [2.75, 3.05) is 36.0 Å². The zero-order chi connectivity index (χ0) is 18.7. The van der Waals surface area contributed by atoms with Crippen molar-refractivity contribution in [3.05, 3.63) is 41.9 Å². The summed E-state index contributed by atoms with van der Waals surface area (Å²) in [6.07, 6.45) is 1.81. The molecule has 2 aromatic rings. The molecule has 0 saturated carbocycles. The number of aryl methyl sites for hydroxylation is 1. The lowest BCUT2D eigenvalue weighted by molar-refractivity contribution is 0.0914. The van der Waals surface area contributed by atoms with Crippen molar-refractivity contribution in [1.82, 2.24) is 20.3 Å². The number of rotatable bonds is 3. The molecule has 3 rings (SSSR count). The van der Waals surface area contributed by atoms with Crippen LogP contribution in [0.25, 0.3) is 0 Å². The lowest BCUT2D eigenvalue weighted by atomic mass is 10.1. The van der Waals surface area contributed by atoms with Gasteiger partial charge < -0.3 is 15.1 Å². The Morgan fingerprint density at radius 3 is 2.38 bits per heavy atom. The van der Waals surface area contributed by atoms with Gasteiger partial charge in [0.1, 0.15) is 11.5 Å². The number of pyridine rings is 1. The second-order valence-corrected chi connectivity index (χ2v) is 7.56. The van der Waals surface area contributed by atoms with E-state index >= 15 is 0 Å². The fourth-order valence-corrected chi connectivity index (χ4v) is 2.89. The lowest BCUT2D eigenvalue weighted by Crippen LogP contribution is -2.47. The van der Waals surface area contributed by atoms with Gasteiger partial charge in [0, 0.05) is 43.6 Å². The van der Waals surface area contributed by atoms with Gasteiger partial charge in [-0.05, 0) is 45.9 Å². The Balaban J connectivity index is 1.71. The highest BCUT2D eigenvalue weighted by Gasteiger charge is 2.22. The van der Waals surface area contributed by atoms with Crippen LogP contribution >= 0.6 is 0 Å². The molecule has 1 aliphatic rings. The molecule has 3 heterocycles. The van der Waals surface area contributed by atoms with Crippen LogP contribution in [0.3, 0.4) is 0 Å². The molecule has 7 heteroatoms. The molecule has 1 amide bonds. The molecule has 0 radical (unpaired) electrons. The van der Waals surface area contributed by atoms with Crippen LogP contribution in [0.1, 0.15) is 37.0 Å². The van der Waals surface area contributed by atoms with Crippen molar-refractivity contribution < 1.29 is 4.79 Å². The smallest absolute Gasteiger partial charge is 0.270 e. The standard InChI is InChI=1S/C19H26N6O/c1-14-13-15(17(26)23-19(2,3)4)22-18(21-14)25-11-9-24(10-12-25)16-7-5-6-8-20-16/h5-8,13H,9-12H2,1-4H3,(H,23,26). The van der Waals surface area contributed by atoms with Crippen molar-refractivity contribution in [1.29, 1.82) is 0 Å². The predicted octanol–water partition coefficient (Wildman–Crippen LogP) is 2.03. The number of amides is 1. The summed E-state index contributed by atoms with van der Waals surface area (Å²) in [5.41, 5.74) is 0.903. The Kier molecular flexibility index (Phi) is 5.06. The van der Waals surface area contributed by atoms with E-state index in [2.05, 4.69) is 30.1 Å². The number of carbonyl (C=O) groups is 1. The number of aromatic nitrogens is 3. The highest BCUT2D eigenvalue weighted by atomic mass is 16.2. The van der Waals surface area contributed by atoms with E-state index in [-0.39, 0.29) is 11.4 Å². The summed E-state index contributed by atoms with van der Waals surface area (Å²) in [6, 6.07) is 7.67. The van der Waals surface area contributed by atoms with Crippen molar-refractivity contribution in [3.63, 3.8) is 0 Å². The van der Waals surface area contributed by atoms with Gasteiger partial charge >= 0.3 is 0 Å². The molecule has 0 unspecified atom stereocenters. The van der Waals surface area contributed by atoms with Crippen LogP contribution in [0.5, 0.6) is 0 Å².